The third-order valence-electron chi connectivity index (χ3n) is 3.23. The van der Waals surface area contributed by atoms with Gasteiger partial charge in [0.05, 0.1) is 11.4 Å². The third-order valence-corrected chi connectivity index (χ3v) is 4.34. The first kappa shape index (κ1) is 14.4. The number of rotatable bonds is 5. The first-order chi connectivity index (χ1) is 9.15. The molecule has 3 nitrogen and oxygen atoms in total. The number of nitrogens with one attached hydrogen (secondary N) is 1. The summed E-state index contributed by atoms with van der Waals surface area (Å²) in [4.78, 5) is 13.1. The zero-order valence-electron chi connectivity index (χ0n) is 11.5. The van der Waals surface area contributed by atoms with E-state index < -0.39 is 0 Å². The summed E-state index contributed by atoms with van der Waals surface area (Å²) in [6, 6.07) is 8.26. The summed E-state index contributed by atoms with van der Waals surface area (Å²) in [7, 11) is 0. The summed E-state index contributed by atoms with van der Waals surface area (Å²) in [6.07, 6.45) is 2.37. The summed E-state index contributed by atoms with van der Waals surface area (Å²) in [6.45, 7) is 5.47. The fraction of sp³-hybridized carbons (Fsp3) is 0.533. The Balaban J connectivity index is 1.76. The maximum absolute atomic E-state index is 12.0. The smallest absolute Gasteiger partial charge is 0.233 e. The van der Waals surface area contributed by atoms with E-state index in [1.165, 1.54) is 5.56 Å². The molecule has 2 atom stereocenters. The largest absolute Gasteiger partial charge is 0.376 e. The van der Waals surface area contributed by atoms with Gasteiger partial charge in [0.2, 0.25) is 5.91 Å². The maximum Gasteiger partial charge on any atom is 0.233 e. The van der Waals surface area contributed by atoms with E-state index in [-0.39, 0.29) is 17.3 Å². The van der Waals surface area contributed by atoms with Gasteiger partial charge in [-0.05, 0) is 38.8 Å². The van der Waals surface area contributed by atoms with Gasteiger partial charge in [-0.15, -0.1) is 11.8 Å². The van der Waals surface area contributed by atoms with E-state index >= 15 is 0 Å². The standard InChI is InChI=1S/C15H21NO2S/c1-11-5-7-14(8-6-11)19-12(2)15(17)16-10-13-4-3-9-18-13/h5-8,12-13H,3-4,9-10H2,1-2H3,(H,16,17)/t12-,13-/m1/s1. The van der Waals surface area contributed by atoms with Gasteiger partial charge < -0.3 is 10.1 Å². The van der Waals surface area contributed by atoms with Crippen LogP contribution in [0.4, 0.5) is 0 Å². The second-order valence-corrected chi connectivity index (χ2v) is 6.37. The minimum absolute atomic E-state index is 0.0795. The highest BCUT2D eigenvalue weighted by Gasteiger charge is 2.19. The molecule has 1 heterocycles. The van der Waals surface area contributed by atoms with Crippen molar-refractivity contribution in [2.24, 2.45) is 0 Å². The number of carbonyl (C=O) groups excluding carboxylic acids is 1. The number of hydrogen-bond acceptors (Lipinski definition) is 3. The Bertz CT molecular complexity index is 413. The van der Waals surface area contributed by atoms with E-state index in [9.17, 15) is 4.79 Å². The molecule has 0 aliphatic carbocycles. The summed E-state index contributed by atoms with van der Waals surface area (Å²) >= 11 is 1.59. The van der Waals surface area contributed by atoms with Crippen molar-refractivity contribution < 1.29 is 9.53 Å². The van der Waals surface area contributed by atoms with Crippen LogP contribution in [0.5, 0.6) is 0 Å². The van der Waals surface area contributed by atoms with E-state index in [4.69, 9.17) is 4.74 Å². The van der Waals surface area contributed by atoms with Crippen molar-refractivity contribution in [3.63, 3.8) is 0 Å². The maximum atomic E-state index is 12.0. The molecule has 0 radical (unpaired) electrons. The number of amides is 1. The van der Waals surface area contributed by atoms with E-state index in [2.05, 4.69) is 36.5 Å². The number of benzene rings is 1. The van der Waals surface area contributed by atoms with Crippen molar-refractivity contribution in [3.05, 3.63) is 29.8 Å². The number of carbonyl (C=O) groups is 1. The highest BCUT2D eigenvalue weighted by atomic mass is 32.2. The number of hydrogen-bond donors (Lipinski definition) is 1. The average Bonchev–Trinajstić information content (AvgIpc) is 2.91. The molecular formula is C15H21NO2S. The van der Waals surface area contributed by atoms with Gasteiger partial charge in [-0.1, -0.05) is 17.7 Å². The molecule has 1 aromatic carbocycles. The van der Waals surface area contributed by atoms with Crippen molar-refractivity contribution in [1.29, 1.82) is 0 Å². The molecule has 1 aliphatic heterocycles. The van der Waals surface area contributed by atoms with E-state index in [0.717, 1.165) is 24.3 Å². The van der Waals surface area contributed by atoms with Crippen LogP contribution in [0.25, 0.3) is 0 Å². The van der Waals surface area contributed by atoms with Gasteiger partial charge in [0, 0.05) is 18.0 Å². The quantitative estimate of drug-likeness (QED) is 0.842. The molecule has 1 amide bonds. The zero-order valence-corrected chi connectivity index (χ0v) is 12.3. The molecule has 0 saturated carbocycles. The Kier molecular flexibility index (Phi) is 5.28. The van der Waals surface area contributed by atoms with Gasteiger partial charge in [0.1, 0.15) is 0 Å². The van der Waals surface area contributed by atoms with E-state index in [0.29, 0.717) is 6.54 Å². The summed E-state index contributed by atoms with van der Waals surface area (Å²) in [5.74, 6) is 0.0843. The van der Waals surface area contributed by atoms with Crippen molar-refractivity contribution >= 4 is 17.7 Å². The Labute approximate surface area is 119 Å². The lowest BCUT2D eigenvalue weighted by Crippen LogP contribution is -2.36. The molecule has 0 bridgehead atoms. The lowest BCUT2D eigenvalue weighted by atomic mass is 10.2. The molecule has 1 N–H and O–H groups in total. The van der Waals surface area contributed by atoms with Crippen LogP contribution in [0.2, 0.25) is 0 Å². The summed E-state index contributed by atoms with van der Waals surface area (Å²) in [5, 5.41) is 2.89. The normalized spacial score (nSPS) is 20.2. The van der Waals surface area contributed by atoms with Crippen molar-refractivity contribution in [2.45, 2.75) is 42.9 Å². The molecule has 1 aromatic rings. The SMILES string of the molecule is Cc1ccc(S[C@H](C)C(=O)NC[C@H]2CCCO2)cc1. The average molecular weight is 279 g/mol. The third kappa shape index (κ3) is 4.55. The first-order valence-corrected chi connectivity index (χ1v) is 7.66. The fourth-order valence-corrected chi connectivity index (χ4v) is 2.93. The minimum Gasteiger partial charge on any atom is -0.376 e. The first-order valence-electron chi connectivity index (χ1n) is 6.78. The fourth-order valence-electron chi connectivity index (χ4n) is 2.04. The zero-order chi connectivity index (χ0) is 13.7. The monoisotopic (exact) mass is 279 g/mol. The van der Waals surface area contributed by atoms with Gasteiger partial charge in [-0.2, -0.15) is 0 Å². The van der Waals surface area contributed by atoms with Gasteiger partial charge in [0.25, 0.3) is 0 Å². The van der Waals surface area contributed by atoms with Crippen molar-refractivity contribution in [2.75, 3.05) is 13.2 Å². The number of ether oxygens (including phenoxy) is 1. The highest BCUT2D eigenvalue weighted by molar-refractivity contribution is 8.00. The van der Waals surface area contributed by atoms with E-state index in [1.54, 1.807) is 11.8 Å². The molecule has 104 valence electrons. The Morgan fingerprint density at radius 3 is 2.84 bits per heavy atom. The molecule has 19 heavy (non-hydrogen) atoms. The number of aryl methyl sites for hydroxylation is 1. The molecule has 0 aromatic heterocycles. The van der Waals surface area contributed by atoms with Crippen LogP contribution >= 0.6 is 11.8 Å². The second-order valence-electron chi connectivity index (χ2n) is 4.95. The topological polar surface area (TPSA) is 38.3 Å². The lowest BCUT2D eigenvalue weighted by molar-refractivity contribution is -0.120. The van der Waals surface area contributed by atoms with Gasteiger partial charge in [-0.25, -0.2) is 0 Å². The predicted octanol–water partition coefficient (Wildman–Crippen LogP) is 2.77. The van der Waals surface area contributed by atoms with Crippen LogP contribution < -0.4 is 5.32 Å². The van der Waals surface area contributed by atoms with Gasteiger partial charge in [-0.3, -0.25) is 4.79 Å². The van der Waals surface area contributed by atoms with Crippen LogP contribution in [-0.4, -0.2) is 30.4 Å². The molecule has 1 saturated heterocycles. The molecule has 2 rings (SSSR count). The Hall–Kier alpha value is -1.00. The van der Waals surface area contributed by atoms with Gasteiger partial charge in [0.15, 0.2) is 0 Å². The summed E-state index contributed by atoms with van der Waals surface area (Å²) in [5.41, 5.74) is 1.24. The van der Waals surface area contributed by atoms with Crippen LogP contribution in [0.3, 0.4) is 0 Å². The molecule has 4 heteroatoms. The van der Waals surface area contributed by atoms with Crippen molar-refractivity contribution in [3.8, 4) is 0 Å². The Morgan fingerprint density at radius 2 is 2.21 bits per heavy atom. The van der Waals surface area contributed by atoms with Crippen LogP contribution in [0.1, 0.15) is 25.3 Å². The van der Waals surface area contributed by atoms with Crippen LogP contribution in [-0.2, 0) is 9.53 Å². The summed E-state index contributed by atoms with van der Waals surface area (Å²) < 4.78 is 5.49. The van der Waals surface area contributed by atoms with Crippen LogP contribution in [0, 0.1) is 6.92 Å². The molecule has 0 unspecified atom stereocenters. The van der Waals surface area contributed by atoms with Crippen molar-refractivity contribution in [1.82, 2.24) is 5.32 Å². The highest BCUT2D eigenvalue weighted by Crippen LogP contribution is 2.23. The number of thioether (sulfide) groups is 1. The molecule has 1 aliphatic rings. The molecule has 0 spiro atoms. The molecule has 1 fully saturated rings. The van der Waals surface area contributed by atoms with Gasteiger partial charge >= 0.3 is 0 Å². The predicted molar refractivity (Wildman–Crippen MR) is 78.5 cm³/mol. The van der Waals surface area contributed by atoms with E-state index in [1.807, 2.05) is 6.92 Å². The van der Waals surface area contributed by atoms with Crippen LogP contribution in [0.15, 0.2) is 29.2 Å². The molecular weight excluding hydrogens is 258 g/mol. The minimum atomic E-state index is -0.0795. The second kappa shape index (κ2) is 6.96. The Morgan fingerprint density at radius 1 is 1.47 bits per heavy atom. The lowest BCUT2D eigenvalue weighted by Gasteiger charge is -2.14.